The van der Waals surface area contributed by atoms with E-state index in [9.17, 15) is 9.59 Å². The van der Waals surface area contributed by atoms with Crippen molar-refractivity contribution in [2.45, 2.75) is 20.0 Å². The molecule has 0 bridgehead atoms. The van der Waals surface area contributed by atoms with Gasteiger partial charge in [0.25, 0.3) is 0 Å². The molecular formula is C20H16Cl2O5. The zero-order valence-corrected chi connectivity index (χ0v) is 16.1. The quantitative estimate of drug-likeness (QED) is 0.519. The number of Topliss-reactive ketones (excluding diaryl/α,β-unsaturated/α-hetero) is 1. The van der Waals surface area contributed by atoms with Crippen LogP contribution in [0, 0.1) is 0 Å². The summed E-state index contributed by atoms with van der Waals surface area (Å²) in [5.74, 6) is 0.216. The van der Waals surface area contributed by atoms with E-state index in [1.165, 1.54) is 0 Å². The Kier molecular flexibility index (Phi) is 5.73. The lowest BCUT2D eigenvalue weighted by molar-refractivity contribution is -0.150. The normalized spacial score (nSPS) is 15.3. The summed E-state index contributed by atoms with van der Waals surface area (Å²) >= 11 is 11.9. The molecule has 0 amide bonds. The van der Waals surface area contributed by atoms with E-state index in [4.69, 9.17) is 37.4 Å². The molecule has 1 aliphatic rings. The lowest BCUT2D eigenvalue weighted by atomic mass is 10.1. The van der Waals surface area contributed by atoms with E-state index in [0.29, 0.717) is 32.7 Å². The number of rotatable bonds is 5. The van der Waals surface area contributed by atoms with Crippen molar-refractivity contribution in [3.63, 3.8) is 0 Å². The average molecular weight is 407 g/mol. The topological polar surface area (TPSA) is 61.8 Å². The summed E-state index contributed by atoms with van der Waals surface area (Å²) in [6.45, 7) is 3.59. The molecule has 0 aromatic heterocycles. The maximum Gasteiger partial charge on any atom is 0.347 e. The number of carbonyl (C=O) groups excluding carboxylic acids is 2. The zero-order valence-electron chi connectivity index (χ0n) is 14.6. The van der Waals surface area contributed by atoms with Crippen LogP contribution in [0.2, 0.25) is 10.0 Å². The number of hydrogen-bond acceptors (Lipinski definition) is 5. The van der Waals surface area contributed by atoms with Crippen molar-refractivity contribution in [2.24, 2.45) is 0 Å². The number of allylic oxidation sites excluding steroid dienone is 1. The third-order valence-electron chi connectivity index (χ3n) is 3.81. The Morgan fingerprint density at radius 3 is 2.67 bits per heavy atom. The highest BCUT2D eigenvalue weighted by Crippen LogP contribution is 2.35. The molecule has 7 heteroatoms. The Labute approximate surface area is 166 Å². The number of carbonyl (C=O) groups is 2. The van der Waals surface area contributed by atoms with Crippen LogP contribution in [0.25, 0.3) is 6.08 Å². The molecule has 1 heterocycles. The first-order valence-corrected chi connectivity index (χ1v) is 9.01. The smallest absolute Gasteiger partial charge is 0.347 e. The monoisotopic (exact) mass is 406 g/mol. The van der Waals surface area contributed by atoms with E-state index in [1.807, 2.05) is 0 Å². The molecule has 0 unspecified atom stereocenters. The van der Waals surface area contributed by atoms with Crippen LogP contribution in [-0.4, -0.2) is 24.5 Å². The molecule has 0 saturated carbocycles. The van der Waals surface area contributed by atoms with E-state index < -0.39 is 12.1 Å². The number of benzene rings is 2. The first-order chi connectivity index (χ1) is 12.9. The molecule has 27 heavy (non-hydrogen) atoms. The maximum atomic E-state index is 12.5. The minimum atomic E-state index is -0.772. The van der Waals surface area contributed by atoms with Crippen molar-refractivity contribution in [3.05, 3.63) is 63.3 Å². The van der Waals surface area contributed by atoms with Crippen LogP contribution >= 0.6 is 23.2 Å². The van der Waals surface area contributed by atoms with Gasteiger partial charge in [0.2, 0.25) is 5.78 Å². The number of halogens is 2. The predicted octanol–water partition coefficient (Wildman–Crippen LogP) is 4.94. The summed E-state index contributed by atoms with van der Waals surface area (Å²) in [5, 5.41) is 0.816. The second kappa shape index (κ2) is 8.03. The fraction of sp³-hybridized carbons (Fsp3) is 0.200. The second-order valence-corrected chi connectivity index (χ2v) is 6.60. The summed E-state index contributed by atoms with van der Waals surface area (Å²) in [6.07, 6.45) is 0.818. The van der Waals surface area contributed by atoms with Gasteiger partial charge in [-0.05, 0) is 49.8 Å². The zero-order chi connectivity index (χ0) is 19.6. The molecule has 2 aromatic rings. The van der Waals surface area contributed by atoms with Crippen LogP contribution in [0.1, 0.15) is 29.8 Å². The van der Waals surface area contributed by atoms with Crippen LogP contribution in [0.5, 0.6) is 11.5 Å². The summed E-state index contributed by atoms with van der Waals surface area (Å²) in [7, 11) is 0. The molecule has 1 atom stereocenters. The second-order valence-electron chi connectivity index (χ2n) is 5.78. The van der Waals surface area contributed by atoms with E-state index in [0.717, 1.165) is 0 Å². The number of fused-ring (bicyclic) bond motifs is 1. The molecule has 1 aliphatic heterocycles. The highest BCUT2D eigenvalue weighted by molar-refractivity contribution is 6.42. The van der Waals surface area contributed by atoms with E-state index in [1.54, 1.807) is 56.3 Å². The van der Waals surface area contributed by atoms with Crippen molar-refractivity contribution in [3.8, 4) is 11.5 Å². The van der Waals surface area contributed by atoms with Crippen LogP contribution in [0.4, 0.5) is 0 Å². The Morgan fingerprint density at radius 2 is 1.96 bits per heavy atom. The SMILES string of the molecule is CCOC(=O)[C@H](C)Oc1ccc2c(c1)O/C(=C\c1ccc(Cl)c(Cl)c1)C2=O. The molecule has 140 valence electrons. The Morgan fingerprint density at radius 1 is 1.19 bits per heavy atom. The fourth-order valence-corrected chi connectivity index (χ4v) is 2.81. The molecule has 0 N–H and O–H groups in total. The highest BCUT2D eigenvalue weighted by Gasteiger charge is 2.28. The van der Waals surface area contributed by atoms with Crippen molar-refractivity contribution >= 4 is 41.0 Å². The van der Waals surface area contributed by atoms with E-state index in [-0.39, 0.29) is 18.1 Å². The predicted molar refractivity (Wildman–Crippen MR) is 103 cm³/mol. The molecule has 0 radical (unpaired) electrons. The Bertz CT molecular complexity index is 936. The first kappa shape index (κ1) is 19.3. The van der Waals surface area contributed by atoms with Gasteiger partial charge in [0.05, 0.1) is 22.2 Å². The van der Waals surface area contributed by atoms with Gasteiger partial charge in [-0.15, -0.1) is 0 Å². The first-order valence-electron chi connectivity index (χ1n) is 8.25. The minimum Gasteiger partial charge on any atom is -0.479 e. The van der Waals surface area contributed by atoms with Crippen LogP contribution in [0.3, 0.4) is 0 Å². The summed E-state index contributed by atoms with van der Waals surface area (Å²) < 4.78 is 16.1. The van der Waals surface area contributed by atoms with Crippen LogP contribution < -0.4 is 9.47 Å². The van der Waals surface area contributed by atoms with Gasteiger partial charge in [-0.1, -0.05) is 29.3 Å². The van der Waals surface area contributed by atoms with Gasteiger partial charge in [-0.25, -0.2) is 4.79 Å². The summed E-state index contributed by atoms with van der Waals surface area (Å²) in [4.78, 5) is 24.2. The van der Waals surface area contributed by atoms with Crippen molar-refractivity contribution in [1.82, 2.24) is 0 Å². The highest BCUT2D eigenvalue weighted by atomic mass is 35.5. The molecule has 0 aliphatic carbocycles. The molecular weight excluding hydrogens is 391 g/mol. The Balaban J connectivity index is 1.79. The minimum absolute atomic E-state index is 0.166. The number of ether oxygens (including phenoxy) is 3. The van der Waals surface area contributed by atoms with Gasteiger partial charge in [0.15, 0.2) is 11.9 Å². The van der Waals surface area contributed by atoms with Crippen molar-refractivity contribution < 1.29 is 23.8 Å². The van der Waals surface area contributed by atoms with Gasteiger partial charge in [0.1, 0.15) is 11.5 Å². The molecule has 3 rings (SSSR count). The van der Waals surface area contributed by atoms with Crippen LogP contribution in [0.15, 0.2) is 42.2 Å². The van der Waals surface area contributed by atoms with Crippen molar-refractivity contribution in [2.75, 3.05) is 6.61 Å². The lowest BCUT2D eigenvalue weighted by Crippen LogP contribution is -2.26. The van der Waals surface area contributed by atoms with Gasteiger partial charge >= 0.3 is 5.97 Å². The molecule has 5 nitrogen and oxygen atoms in total. The molecule has 0 saturated heterocycles. The van der Waals surface area contributed by atoms with Crippen molar-refractivity contribution in [1.29, 1.82) is 0 Å². The summed E-state index contributed by atoms with van der Waals surface area (Å²) in [5.41, 5.74) is 1.10. The molecule has 2 aromatic carbocycles. The van der Waals surface area contributed by atoms with Gasteiger partial charge < -0.3 is 14.2 Å². The Hall–Kier alpha value is -2.50. The maximum absolute atomic E-state index is 12.5. The standard InChI is InChI=1S/C20H16Cl2O5/c1-3-25-20(24)11(2)26-13-5-6-14-17(10-13)27-18(19(14)23)9-12-4-7-15(21)16(22)8-12/h4-11H,3H2,1-2H3/b18-9-/t11-/m0/s1. The summed E-state index contributed by atoms with van der Waals surface area (Å²) in [6, 6.07) is 9.80. The average Bonchev–Trinajstić information content (AvgIpc) is 2.93. The van der Waals surface area contributed by atoms with E-state index in [2.05, 4.69) is 0 Å². The third kappa shape index (κ3) is 4.26. The fourth-order valence-electron chi connectivity index (χ4n) is 2.51. The number of ketones is 1. The van der Waals surface area contributed by atoms with Gasteiger partial charge in [-0.3, -0.25) is 4.79 Å². The van der Waals surface area contributed by atoms with Gasteiger partial charge in [0, 0.05) is 6.07 Å². The van der Waals surface area contributed by atoms with E-state index >= 15 is 0 Å². The number of esters is 1. The molecule has 0 fully saturated rings. The third-order valence-corrected chi connectivity index (χ3v) is 4.55. The van der Waals surface area contributed by atoms with Crippen LogP contribution in [-0.2, 0) is 9.53 Å². The molecule has 0 spiro atoms. The lowest BCUT2D eigenvalue weighted by Gasteiger charge is -2.13. The largest absolute Gasteiger partial charge is 0.479 e. The van der Waals surface area contributed by atoms with Gasteiger partial charge in [-0.2, -0.15) is 0 Å². The number of hydrogen-bond donors (Lipinski definition) is 0.